The highest BCUT2D eigenvalue weighted by Crippen LogP contribution is 2.33. The third-order valence-corrected chi connectivity index (χ3v) is 7.81. The number of sulfonamides is 1. The molecule has 3 aromatic carbocycles. The number of carbonyl (C=O) groups excluding carboxylic acids is 1. The quantitative estimate of drug-likeness (QED) is 0.408. The normalized spacial score (nSPS) is 14.7. The number of Topliss-reactive ketones (excluding diaryl/α,β-unsaturated/α-hetero) is 1. The molecule has 0 bridgehead atoms. The molecule has 1 N–H and O–H groups in total. The van der Waals surface area contributed by atoms with Crippen LogP contribution in [0.4, 0.5) is 5.69 Å². The average Bonchev–Trinajstić information content (AvgIpc) is 2.84. The van der Waals surface area contributed by atoms with Gasteiger partial charge in [0.05, 0.1) is 4.90 Å². The van der Waals surface area contributed by atoms with Crippen LogP contribution in [0.3, 0.4) is 0 Å². The van der Waals surface area contributed by atoms with Crippen LogP contribution in [-0.2, 0) is 27.7 Å². The van der Waals surface area contributed by atoms with Crippen molar-refractivity contribution >= 4 is 21.5 Å². The number of anilines is 1. The Morgan fingerprint density at radius 3 is 2.12 bits per heavy atom. The minimum absolute atomic E-state index is 0.144. The van der Waals surface area contributed by atoms with Gasteiger partial charge in [0.15, 0.2) is 0 Å². The molecule has 0 aliphatic heterocycles. The van der Waals surface area contributed by atoms with Gasteiger partial charge in [0.1, 0.15) is 5.78 Å². The highest BCUT2D eigenvalue weighted by Gasteiger charge is 2.17. The fourth-order valence-electron chi connectivity index (χ4n) is 4.50. The summed E-state index contributed by atoms with van der Waals surface area (Å²) >= 11 is 0. The molecule has 0 spiro atoms. The second-order valence-electron chi connectivity index (χ2n) is 8.91. The van der Waals surface area contributed by atoms with E-state index in [9.17, 15) is 13.2 Å². The number of aryl methyl sites for hydroxylation is 1. The number of ketones is 1. The van der Waals surface area contributed by atoms with E-state index in [4.69, 9.17) is 0 Å². The predicted octanol–water partition coefficient (Wildman–Crippen LogP) is 6.28. The van der Waals surface area contributed by atoms with Crippen molar-refractivity contribution in [2.75, 3.05) is 4.72 Å². The first kappa shape index (κ1) is 23.2. The van der Waals surface area contributed by atoms with Gasteiger partial charge < -0.3 is 0 Å². The molecular formula is C28H31NO3S. The summed E-state index contributed by atoms with van der Waals surface area (Å²) in [5.74, 6) is 0.734. The van der Waals surface area contributed by atoms with Crippen molar-refractivity contribution in [3.63, 3.8) is 0 Å². The van der Waals surface area contributed by atoms with Crippen molar-refractivity contribution in [1.82, 2.24) is 0 Å². The van der Waals surface area contributed by atoms with Crippen molar-refractivity contribution in [2.24, 2.45) is 0 Å². The number of benzene rings is 3. The van der Waals surface area contributed by atoms with Crippen LogP contribution in [0.2, 0.25) is 0 Å². The smallest absolute Gasteiger partial charge is 0.261 e. The summed E-state index contributed by atoms with van der Waals surface area (Å²) in [6.07, 6.45) is 7.79. The van der Waals surface area contributed by atoms with E-state index in [0.717, 1.165) is 17.5 Å². The summed E-state index contributed by atoms with van der Waals surface area (Å²) in [5, 5.41) is 0. The molecule has 0 heterocycles. The molecule has 0 radical (unpaired) electrons. The van der Waals surface area contributed by atoms with Crippen LogP contribution in [0.25, 0.3) is 0 Å². The van der Waals surface area contributed by atoms with Gasteiger partial charge in [0.25, 0.3) is 10.0 Å². The maximum Gasteiger partial charge on any atom is 0.261 e. The number of hydrogen-bond acceptors (Lipinski definition) is 3. The van der Waals surface area contributed by atoms with Crippen molar-refractivity contribution in [2.45, 2.75) is 62.2 Å². The third kappa shape index (κ3) is 6.55. The molecule has 0 unspecified atom stereocenters. The second kappa shape index (κ2) is 10.8. The zero-order valence-electron chi connectivity index (χ0n) is 18.9. The second-order valence-corrected chi connectivity index (χ2v) is 10.6. The molecule has 4 rings (SSSR count). The summed E-state index contributed by atoms with van der Waals surface area (Å²) in [5.41, 5.74) is 3.82. The van der Waals surface area contributed by atoms with Crippen LogP contribution in [0.5, 0.6) is 0 Å². The lowest BCUT2D eigenvalue weighted by Crippen LogP contribution is -2.13. The van der Waals surface area contributed by atoms with Gasteiger partial charge in [-0.15, -0.1) is 0 Å². The van der Waals surface area contributed by atoms with Gasteiger partial charge in [-0.2, -0.15) is 0 Å². The Labute approximate surface area is 197 Å². The molecule has 4 nitrogen and oxygen atoms in total. The molecule has 1 aliphatic rings. The van der Waals surface area contributed by atoms with E-state index in [0.29, 0.717) is 24.4 Å². The Bertz CT molecular complexity index is 1150. The number of nitrogens with one attached hydrogen (secondary N) is 1. The van der Waals surface area contributed by atoms with Crippen molar-refractivity contribution in [3.8, 4) is 0 Å². The van der Waals surface area contributed by atoms with E-state index in [-0.39, 0.29) is 10.7 Å². The number of rotatable bonds is 9. The molecule has 3 aromatic rings. The Morgan fingerprint density at radius 1 is 0.788 bits per heavy atom. The van der Waals surface area contributed by atoms with Crippen LogP contribution < -0.4 is 4.72 Å². The summed E-state index contributed by atoms with van der Waals surface area (Å²) in [7, 11) is -3.68. The van der Waals surface area contributed by atoms with E-state index < -0.39 is 10.0 Å². The zero-order valence-corrected chi connectivity index (χ0v) is 19.7. The molecule has 1 aliphatic carbocycles. The van der Waals surface area contributed by atoms with Gasteiger partial charge >= 0.3 is 0 Å². The Hall–Kier alpha value is -2.92. The third-order valence-electron chi connectivity index (χ3n) is 6.41. The van der Waals surface area contributed by atoms with Gasteiger partial charge in [-0.05, 0) is 66.1 Å². The van der Waals surface area contributed by atoms with Crippen LogP contribution >= 0.6 is 0 Å². The molecular weight excluding hydrogens is 430 g/mol. The molecule has 1 fully saturated rings. The summed E-state index contributed by atoms with van der Waals surface area (Å²) < 4.78 is 28.3. The van der Waals surface area contributed by atoms with Crippen molar-refractivity contribution in [1.29, 1.82) is 0 Å². The monoisotopic (exact) mass is 461 g/mol. The summed E-state index contributed by atoms with van der Waals surface area (Å²) in [6, 6.07) is 24.3. The lowest BCUT2D eigenvalue weighted by Gasteiger charge is -2.22. The van der Waals surface area contributed by atoms with Crippen LogP contribution in [0.15, 0.2) is 83.8 Å². The molecule has 1 saturated carbocycles. The van der Waals surface area contributed by atoms with Crippen LogP contribution in [0.1, 0.15) is 61.1 Å². The first-order valence-corrected chi connectivity index (χ1v) is 13.3. The summed E-state index contributed by atoms with van der Waals surface area (Å²) in [4.78, 5) is 12.5. The SMILES string of the molecule is O=C(CCc1ccccc1)Cc1ccc(S(=O)(=O)Nc2ccc(C3CCCCC3)cc2)cc1. The van der Waals surface area contributed by atoms with Crippen LogP contribution in [0, 0.1) is 0 Å². The molecule has 0 amide bonds. The molecule has 0 saturated heterocycles. The maximum absolute atomic E-state index is 12.8. The zero-order chi connectivity index (χ0) is 23.1. The molecule has 0 atom stereocenters. The lowest BCUT2D eigenvalue weighted by molar-refractivity contribution is -0.118. The van der Waals surface area contributed by atoms with Crippen LogP contribution in [-0.4, -0.2) is 14.2 Å². The topological polar surface area (TPSA) is 63.2 Å². The average molecular weight is 462 g/mol. The number of carbonyl (C=O) groups is 1. The first-order valence-electron chi connectivity index (χ1n) is 11.8. The Morgan fingerprint density at radius 2 is 1.45 bits per heavy atom. The van der Waals surface area contributed by atoms with Crippen molar-refractivity contribution < 1.29 is 13.2 Å². The maximum atomic E-state index is 12.8. The fraction of sp³-hybridized carbons (Fsp3) is 0.321. The van der Waals surface area contributed by atoms with Gasteiger partial charge in [-0.3, -0.25) is 9.52 Å². The molecule has 33 heavy (non-hydrogen) atoms. The van der Waals surface area contributed by atoms with Gasteiger partial charge in [0, 0.05) is 18.5 Å². The molecule has 5 heteroatoms. The van der Waals surface area contributed by atoms with Gasteiger partial charge in [-0.1, -0.05) is 73.9 Å². The van der Waals surface area contributed by atoms with E-state index >= 15 is 0 Å². The van der Waals surface area contributed by atoms with Crippen molar-refractivity contribution in [3.05, 3.63) is 95.6 Å². The summed E-state index contributed by atoms with van der Waals surface area (Å²) in [6.45, 7) is 0. The van der Waals surface area contributed by atoms with E-state index in [1.807, 2.05) is 54.6 Å². The predicted molar refractivity (Wildman–Crippen MR) is 133 cm³/mol. The van der Waals surface area contributed by atoms with Gasteiger partial charge in [0.2, 0.25) is 0 Å². The molecule has 0 aromatic heterocycles. The molecule has 172 valence electrons. The lowest BCUT2D eigenvalue weighted by atomic mass is 9.84. The Balaban J connectivity index is 1.33. The fourth-order valence-corrected chi connectivity index (χ4v) is 5.56. The van der Waals surface area contributed by atoms with Gasteiger partial charge in [-0.25, -0.2) is 8.42 Å². The largest absolute Gasteiger partial charge is 0.299 e. The standard InChI is InChI=1S/C28H31NO3S/c30-27(18-11-22-7-3-1-4-8-22)21-23-12-19-28(20-13-23)33(31,32)29-26-16-14-25(15-17-26)24-9-5-2-6-10-24/h1,3-4,7-8,12-17,19-20,24,29H,2,5-6,9-11,18,21H2. The highest BCUT2D eigenvalue weighted by atomic mass is 32.2. The van der Waals surface area contributed by atoms with E-state index in [1.54, 1.807) is 24.3 Å². The van der Waals surface area contributed by atoms with E-state index in [2.05, 4.69) is 4.72 Å². The minimum atomic E-state index is -3.68. The first-order chi connectivity index (χ1) is 16.0. The Kier molecular flexibility index (Phi) is 7.61. The van der Waals surface area contributed by atoms with E-state index in [1.165, 1.54) is 37.7 Å². The minimum Gasteiger partial charge on any atom is -0.299 e. The number of hydrogen-bond donors (Lipinski definition) is 1. The highest BCUT2D eigenvalue weighted by molar-refractivity contribution is 7.92.